The molecule has 78 heavy (non-hydrogen) atoms. The molecule has 1 atom stereocenters. The van der Waals surface area contributed by atoms with E-state index in [-0.39, 0.29) is 6.04 Å². The lowest BCUT2D eigenvalue weighted by Crippen LogP contribution is -2.12. The van der Waals surface area contributed by atoms with E-state index in [1.54, 1.807) is 0 Å². The van der Waals surface area contributed by atoms with Crippen molar-refractivity contribution in [3.63, 3.8) is 0 Å². The van der Waals surface area contributed by atoms with E-state index in [2.05, 4.69) is 277 Å². The van der Waals surface area contributed by atoms with Crippen molar-refractivity contribution in [3.05, 3.63) is 289 Å². The van der Waals surface area contributed by atoms with Crippen molar-refractivity contribution in [1.82, 2.24) is 4.57 Å². The molecule has 3 nitrogen and oxygen atoms in total. The summed E-state index contributed by atoms with van der Waals surface area (Å²) in [6.07, 6.45) is 4.83. The SMILES string of the molecule is C=C.C=CCC.CC(=NC(=NC(C)c1ccc2c(c1)Cc1ccccc1-2)c1ccccc1)n1c2ccc(-c3cccc4c3Cc3ccccc3-4)cc2c2cccc(-c3cccc(-c4cccc(C)c4-c4ccccc4C)c3)c21. The maximum atomic E-state index is 5.60. The van der Waals surface area contributed by atoms with Crippen LogP contribution < -0.4 is 0 Å². The zero-order valence-corrected chi connectivity index (χ0v) is 45.5. The number of rotatable bonds is 8. The highest BCUT2D eigenvalue weighted by atomic mass is 15.1. The molecule has 0 bridgehead atoms. The van der Waals surface area contributed by atoms with Crippen molar-refractivity contribution in [2.24, 2.45) is 9.98 Å². The van der Waals surface area contributed by atoms with Crippen LogP contribution in [0.1, 0.15) is 77.7 Å². The van der Waals surface area contributed by atoms with E-state index in [0.717, 1.165) is 52.8 Å². The molecule has 2 aliphatic rings. The monoisotopic (exact) mass is 1010 g/mol. The number of aryl methyl sites for hydroxylation is 2. The predicted octanol–water partition coefficient (Wildman–Crippen LogP) is 20.1. The standard InChI is InChI=1S/C69H53N3.C4H8.C2H4/c1-43-18-8-11-26-55(43)67-44(2)19-14-30-60(67)50-24-15-25-51(39-50)61-31-17-33-63-65-42-53(58-29-16-32-62-57-28-13-10-23-52(57)41-64(58)62)35-37-66(65)72(68(61)63)46(4)71-69(47-20-6-5-7-21-47)70-45(3)48-34-36-59-54(38-48)40-49-22-9-12-27-56(49)59;1-3-4-2;1-2/h5-39,42,45H,40-41H2,1-4H3;3H,1,4H2,2H3;1-2H2. The molecule has 10 aromatic carbocycles. The Bertz CT molecular complexity index is 4130. The molecule has 2 aliphatic carbocycles. The molecule has 0 fully saturated rings. The van der Waals surface area contributed by atoms with E-state index < -0.39 is 0 Å². The molecular formula is C75H65N3. The van der Waals surface area contributed by atoms with Gasteiger partial charge in [-0.1, -0.05) is 213 Å². The van der Waals surface area contributed by atoms with Crippen molar-refractivity contribution in [3.8, 4) is 66.8 Å². The van der Waals surface area contributed by atoms with Crippen LogP contribution >= 0.6 is 0 Å². The van der Waals surface area contributed by atoms with Crippen molar-refractivity contribution in [1.29, 1.82) is 0 Å². The Morgan fingerprint density at radius 1 is 0.513 bits per heavy atom. The van der Waals surface area contributed by atoms with Crippen molar-refractivity contribution < 1.29 is 0 Å². The summed E-state index contributed by atoms with van der Waals surface area (Å²) in [5.41, 5.74) is 27.5. The number of aliphatic imine (C=N–C) groups is 2. The van der Waals surface area contributed by atoms with E-state index in [1.165, 1.54) is 105 Å². The molecule has 0 N–H and O–H groups in total. The Balaban J connectivity index is 0.00000103. The lowest BCUT2D eigenvalue weighted by atomic mass is 9.88. The Labute approximate surface area is 461 Å². The molecule has 3 heteroatoms. The van der Waals surface area contributed by atoms with E-state index >= 15 is 0 Å². The summed E-state index contributed by atoms with van der Waals surface area (Å²) >= 11 is 0. The minimum Gasteiger partial charge on any atom is -0.297 e. The first-order chi connectivity index (χ1) is 38.3. The molecule has 1 heterocycles. The number of aromatic nitrogens is 1. The Morgan fingerprint density at radius 3 is 1.83 bits per heavy atom. The fourth-order valence-corrected chi connectivity index (χ4v) is 11.8. The fourth-order valence-electron chi connectivity index (χ4n) is 11.8. The zero-order chi connectivity index (χ0) is 53.9. The molecule has 0 spiro atoms. The molecule has 13 rings (SSSR count). The lowest BCUT2D eigenvalue weighted by Gasteiger charge is -2.17. The average Bonchev–Trinajstić information content (AvgIpc) is 4.32. The van der Waals surface area contributed by atoms with Gasteiger partial charge in [-0.2, -0.15) is 0 Å². The van der Waals surface area contributed by atoms with Crippen LogP contribution in [0.15, 0.2) is 254 Å². The highest BCUT2D eigenvalue weighted by Crippen LogP contribution is 2.45. The van der Waals surface area contributed by atoms with E-state index in [4.69, 9.17) is 9.98 Å². The number of fused-ring (bicyclic) bond motifs is 9. The first-order valence-corrected chi connectivity index (χ1v) is 27.3. The summed E-state index contributed by atoms with van der Waals surface area (Å²) < 4.78 is 2.39. The average molecular weight is 1010 g/mol. The molecular weight excluding hydrogens is 943 g/mol. The van der Waals surface area contributed by atoms with Gasteiger partial charge in [-0.3, -0.25) is 9.56 Å². The summed E-state index contributed by atoms with van der Waals surface area (Å²) in [5, 5.41) is 2.37. The van der Waals surface area contributed by atoms with Crippen LogP contribution in [0, 0.1) is 13.8 Å². The largest absolute Gasteiger partial charge is 0.297 e. The number of allylic oxidation sites excluding steroid dienone is 1. The molecule has 11 aromatic rings. The van der Waals surface area contributed by atoms with Crippen LogP contribution in [0.3, 0.4) is 0 Å². The molecule has 380 valence electrons. The third-order valence-electron chi connectivity index (χ3n) is 15.6. The second kappa shape index (κ2) is 22.2. The van der Waals surface area contributed by atoms with Gasteiger partial charge in [0.1, 0.15) is 5.84 Å². The van der Waals surface area contributed by atoms with Gasteiger partial charge in [0.2, 0.25) is 0 Å². The van der Waals surface area contributed by atoms with Crippen LogP contribution in [0.4, 0.5) is 0 Å². The highest BCUT2D eigenvalue weighted by Gasteiger charge is 2.25. The normalized spacial score (nSPS) is 12.6. The quantitative estimate of drug-likeness (QED) is 0.0825. The van der Waals surface area contributed by atoms with Crippen LogP contribution in [0.5, 0.6) is 0 Å². The summed E-state index contributed by atoms with van der Waals surface area (Å²) in [7, 11) is 0. The molecule has 0 amide bonds. The smallest absolute Gasteiger partial charge is 0.157 e. The van der Waals surface area contributed by atoms with Gasteiger partial charge < -0.3 is 0 Å². The third-order valence-corrected chi connectivity index (χ3v) is 15.6. The minimum absolute atomic E-state index is 0.130. The molecule has 0 saturated heterocycles. The molecule has 1 aromatic heterocycles. The van der Waals surface area contributed by atoms with Crippen molar-refractivity contribution >= 4 is 33.5 Å². The Morgan fingerprint density at radius 2 is 1.08 bits per heavy atom. The molecule has 0 saturated carbocycles. The van der Waals surface area contributed by atoms with Gasteiger partial charge in [0.25, 0.3) is 0 Å². The first kappa shape index (κ1) is 51.0. The highest BCUT2D eigenvalue weighted by molar-refractivity contribution is 6.20. The second-order valence-corrected chi connectivity index (χ2v) is 20.4. The predicted molar refractivity (Wildman–Crippen MR) is 335 cm³/mol. The minimum atomic E-state index is -0.130. The maximum Gasteiger partial charge on any atom is 0.157 e. The van der Waals surface area contributed by atoms with Gasteiger partial charge in [0.05, 0.1) is 17.1 Å². The van der Waals surface area contributed by atoms with Gasteiger partial charge >= 0.3 is 0 Å². The van der Waals surface area contributed by atoms with Gasteiger partial charge in [-0.05, 0) is 165 Å². The fraction of sp³-hybridized carbons (Fsp3) is 0.120. The summed E-state index contributed by atoms with van der Waals surface area (Å²) in [6, 6.07) is 80.1. The van der Waals surface area contributed by atoms with Gasteiger partial charge in [0, 0.05) is 21.9 Å². The topological polar surface area (TPSA) is 29.6 Å². The summed E-state index contributed by atoms with van der Waals surface area (Å²) in [4.78, 5) is 11.1. The van der Waals surface area contributed by atoms with Crippen LogP contribution in [-0.4, -0.2) is 16.2 Å². The number of hydrogen-bond acceptors (Lipinski definition) is 1. The van der Waals surface area contributed by atoms with Crippen LogP contribution in [0.25, 0.3) is 88.6 Å². The number of benzene rings is 10. The maximum absolute atomic E-state index is 5.60. The van der Waals surface area contributed by atoms with E-state index in [0.29, 0.717) is 5.84 Å². The van der Waals surface area contributed by atoms with Crippen LogP contribution in [0.2, 0.25) is 0 Å². The summed E-state index contributed by atoms with van der Waals surface area (Å²) in [6.45, 7) is 20.3. The zero-order valence-electron chi connectivity index (χ0n) is 45.5. The van der Waals surface area contributed by atoms with Crippen LogP contribution in [-0.2, 0) is 12.8 Å². The number of hydrogen-bond donors (Lipinski definition) is 0. The number of para-hydroxylation sites is 1. The van der Waals surface area contributed by atoms with Gasteiger partial charge in [-0.25, -0.2) is 4.99 Å². The van der Waals surface area contributed by atoms with Gasteiger partial charge in [0.15, 0.2) is 5.84 Å². The molecule has 0 radical (unpaired) electrons. The third kappa shape index (κ3) is 9.47. The van der Waals surface area contributed by atoms with E-state index in [9.17, 15) is 0 Å². The second-order valence-electron chi connectivity index (χ2n) is 20.4. The van der Waals surface area contributed by atoms with E-state index in [1.807, 2.05) is 6.08 Å². The Hall–Kier alpha value is -9.18. The lowest BCUT2D eigenvalue weighted by molar-refractivity contribution is 0.817. The Kier molecular flexibility index (Phi) is 14.5. The first-order valence-electron chi connectivity index (χ1n) is 27.3. The van der Waals surface area contributed by atoms with Gasteiger partial charge in [-0.15, -0.1) is 19.7 Å². The summed E-state index contributed by atoms with van der Waals surface area (Å²) in [5.74, 6) is 1.56. The number of nitrogens with zero attached hydrogens (tertiary/aromatic N) is 3. The van der Waals surface area contributed by atoms with Crippen molar-refractivity contribution in [2.75, 3.05) is 0 Å². The molecule has 0 aliphatic heterocycles. The number of amidine groups is 1. The van der Waals surface area contributed by atoms with Crippen molar-refractivity contribution in [2.45, 2.75) is 59.9 Å². The molecule has 1 unspecified atom stereocenters.